The highest BCUT2D eigenvalue weighted by Gasteiger charge is 2.31. The molecule has 0 amide bonds. The Bertz CT molecular complexity index is 814. The van der Waals surface area contributed by atoms with Gasteiger partial charge in [-0.3, -0.25) is 4.79 Å². The van der Waals surface area contributed by atoms with E-state index in [-0.39, 0.29) is 23.9 Å². The summed E-state index contributed by atoms with van der Waals surface area (Å²) in [6.07, 6.45) is 13.3. The molecule has 28 heavy (non-hydrogen) atoms. The van der Waals surface area contributed by atoms with E-state index in [1.807, 2.05) is 37.6 Å². The van der Waals surface area contributed by atoms with Crippen LogP contribution in [0, 0.1) is 24.7 Å². The first-order valence-electron chi connectivity index (χ1n) is 9.92. The van der Waals surface area contributed by atoms with E-state index in [0.29, 0.717) is 11.7 Å². The van der Waals surface area contributed by atoms with Crippen LogP contribution in [0.3, 0.4) is 0 Å². The molecule has 0 bridgehead atoms. The molecule has 0 aromatic heterocycles. The molecule has 1 aliphatic heterocycles. The molecule has 2 radical (unpaired) electrons. The van der Waals surface area contributed by atoms with Crippen LogP contribution in [0.15, 0.2) is 54.8 Å². The molecule has 5 atom stereocenters. The Labute approximate surface area is 166 Å². The van der Waals surface area contributed by atoms with Crippen LogP contribution in [0.25, 0.3) is 0 Å². The van der Waals surface area contributed by atoms with Crippen molar-refractivity contribution in [2.24, 2.45) is 11.8 Å². The number of aliphatic hydroxyl groups is 1. The Kier molecular flexibility index (Phi) is 5.51. The highest BCUT2D eigenvalue weighted by molar-refractivity contribution is 5.78. The molecule has 0 saturated heterocycles. The van der Waals surface area contributed by atoms with E-state index in [0.717, 1.165) is 30.4 Å². The molecule has 4 nitrogen and oxygen atoms in total. The molecule has 4 heteroatoms. The first-order valence-corrected chi connectivity index (χ1v) is 9.92. The summed E-state index contributed by atoms with van der Waals surface area (Å²) in [5.41, 5.74) is 3.18. The largest absolute Gasteiger partial charge is 0.431 e. The van der Waals surface area contributed by atoms with Crippen molar-refractivity contribution in [2.45, 2.75) is 44.5 Å². The Morgan fingerprint density at radius 2 is 2.07 bits per heavy atom. The van der Waals surface area contributed by atoms with Gasteiger partial charge in [-0.2, -0.15) is 0 Å². The molecule has 1 aromatic rings. The van der Waals surface area contributed by atoms with Crippen LogP contribution in [-0.2, 0) is 14.3 Å². The summed E-state index contributed by atoms with van der Waals surface area (Å²) < 4.78 is 11.0. The number of hydrogen-bond acceptors (Lipinski definition) is 4. The SMILES string of the molecule is C=C(OC(=O)C1[CH]C=CC=C1)C1[CH]CC(c2ccc3c(c2)C(O)O[C@@H]3C)CC1. The van der Waals surface area contributed by atoms with Gasteiger partial charge in [0, 0.05) is 17.9 Å². The van der Waals surface area contributed by atoms with Crippen LogP contribution >= 0.6 is 0 Å². The first-order chi connectivity index (χ1) is 13.5. The average molecular weight is 378 g/mol. The maximum atomic E-state index is 12.3. The minimum atomic E-state index is -0.829. The van der Waals surface area contributed by atoms with Gasteiger partial charge < -0.3 is 14.6 Å². The topological polar surface area (TPSA) is 55.8 Å². The zero-order chi connectivity index (χ0) is 19.7. The maximum absolute atomic E-state index is 12.3. The number of carbonyl (C=O) groups is 1. The summed E-state index contributed by atoms with van der Waals surface area (Å²) in [6, 6.07) is 6.29. The van der Waals surface area contributed by atoms with Crippen LogP contribution in [0.5, 0.6) is 0 Å². The molecule has 0 spiro atoms. The Balaban J connectivity index is 1.33. The van der Waals surface area contributed by atoms with Crippen molar-refractivity contribution in [3.8, 4) is 0 Å². The Morgan fingerprint density at radius 1 is 1.21 bits per heavy atom. The van der Waals surface area contributed by atoms with Crippen LogP contribution in [-0.4, -0.2) is 11.1 Å². The minimum absolute atomic E-state index is 0.0638. The monoisotopic (exact) mass is 378 g/mol. The van der Waals surface area contributed by atoms with Gasteiger partial charge in [0.15, 0.2) is 6.29 Å². The first kappa shape index (κ1) is 19.2. The Morgan fingerprint density at radius 3 is 2.79 bits per heavy atom. The van der Waals surface area contributed by atoms with Gasteiger partial charge in [0.2, 0.25) is 0 Å². The maximum Gasteiger partial charge on any atom is 0.318 e. The van der Waals surface area contributed by atoms with Crippen LogP contribution in [0.4, 0.5) is 0 Å². The number of esters is 1. The van der Waals surface area contributed by atoms with Crippen molar-refractivity contribution < 1.29 is 19.4 Å². The molecule has 1 aromatic carbocycles. The predicted molar refractivity (Wildman–Crippen MR) is 107 cm³/mol. The third-order valence-corrected chi connectivity index (χ3v) is 5.93. The fourth-order valence-corrected chi connectivity index (χ4v) is 4.24. The van der Waals surface area contributed by atoms with E-state index >= 15 is 0 Å². The van der Waals surface area contributed by atoms with Gasteiger partial charge >= 0.3 is 5.97 Å². The third-order valence-electron chi connectivity index (χ3n) is 5.93. The number of rotatable bonds is 4. The average Bonchev–Trinajstić information content (AvgIpc) is 3.02. The van der Waals surface area contributed by atoms with Gasteiger partial charge in [0.25, 0.3) is 0 Å². The standard InChI is InChI=1S/C24H26O4/c1-15(27-23(25)19-6-4-3-5-7-19)17-8-10-18(11-9-17)20-12-13-21-16(2)28-24(26)22(21)14-20/h3-8,12-14,16-19,24,26H,1,9-11H2,2H3/t16-,17?,18?,24?/m1/s1. The van der Waals surface area contributed by atoms with Crippen molar-refractivity contribution in [3.05, 3.63) is 84.4 Å². The third kappa shape index (κ3) is 3.85. The second-order valence-corrected chi connectivity index (χ2v) is 7.75. The summed E-state index contributed by atoms with van der Waals surface area (Å²) in [4.78, 5) is 12.3. The van der Waals surface area contributed by atoms with Gasteiger partial charge in [0.05, 0.1) is 12.0 Å². The van der Waals surface area contributed by atoms with E-state index in [1.165, 1.54) is 5.56 Å². The van der Waals surface area contributed by atoms with E-state index < -0.39 is 6.29 Å². The number of aliphatic hydroxyl groups excluding tert-OH is 1. The second-order valence-electron chi connectivity index (χ2n) is 7.75. The summed E-state index contributed by atoms with van der Waals surface area (Å²) >= 11 is 0. The number of fused-ring (bicyclic) bond motifs is 1. The molecule has 1 fully saturated rings. The lowest BCUT2D eigenvalue weighted by molar-refractivity contribution is -0.142. The van der Waals surface area contributed by atoms with Gasteiger partial charge in [0.1, 0.15) is 5.76 Å². The zero-order valence-corrected chi connectivity index (χ0v) is 16.1. The number of allylic oxidation sites excluding steroid dienone is 4. The molecule has 146 valence electrons. The van der Waals surface area contributed by atoms with Gasteiger partial charge in [-0.15, -0.1) is 0 Å². The van der Waals surface area contributed by atoms with E-state index in [4.69, 9.17) is 9.47 Å². The molecule has 1 N–H and O–H groups in total. The highest BCUT2D eigenvalue weighted by atomic mass is 16.6. The van der Waals surface area contributed by atoms with E-state index in [9.17, 15) is 9.90 Å². The molecule has 4 unspecified atom stereocenters. The Hall–Kier alpha value is -2.17. The molecule has 2 aliphatic carbocycles. The van der Waals surface area contributed by atoms with Gasteiger partial charge in [-0.1, -0.05) is 49.1 Å². The van der Waals surface area contributed by atoms with Crippen molar-refractivity contribution >= 4 is 5.97 Å². The summed E-state index contributed by atoms with van der Waals surface area (Å²) in [7, 11) is 0. The number of ether oxygens (including phenoxy) is 2. The van der Waals surface area contributed by atoms with Gasteiger partial charge in [-0.25, -0.2) is 0 Å². The lowest BCUT2D eigenvalue weighted by Gasteiger charge is -2.30. The zero-order valence-electron chi connectivity index (χ0n) is 16.1. The highest BCUT2D eigenvalue weighted by Crippen LogP contribution is 2.42. The minimum Gasteiger partial charge on any atom is -0.431 e. The van der Waals surface area contributed by atoms with Crippen molar-refractivity contribution in [3.63, 3.8) is 0 Å². The summed E-state index contributed by atoms with van der Waals surface area (Å²) in [5, 5.41) is 10.1. The van der Waals surface area contributed by atoms with Crippen LogP contribution in [0.2, 0.25) is 0 Å². The van der Waals surface area contributed by atoms with Crippen LogP contribution < -0.4 is 0 Å². The summed E-state index contributed by atoms with van der Waals surface area (Å²) in [5.74, 6) is 0.411. The predicted octanol–water partition coefficient (Wildman–Crippen LogP) is 4.86. The fourth-order valence-electron chi connectivity index (χ4n) is 4.24. The molecule has 1 saturated carbocycles. The summed E-state index contributed by atoms with van der Waals surface area (Å²) in [6.45, 7) is 5.95. The van der Waals surface area contributed by atoms with Crippen molar-refractivity contribution in [2.75, 3.05) is 0 Å². The van der Waals surface area contributed by atoms with Gasteiger partial charge in [-0.05, 0) is 49.7 Å². The van der Waals surface area contributed by atoms with E-state index in [2.05, 4.69) is 31.2 Å². The molecule has 4 rings (SSSR count). The molecular weight excluding hydrogens is 352 g/mol. The molecule has 3 aliphatic rings. The lowest BCUT2D eigenvalue weighted by Crippen LogP contribution is -2.22. The lowest BCUT2D eigenvalue weighted by atomic mass is 9.77. The quantitative estimate of drug-likeness (QED) is 0.600. The molecular formula is C24H26O4. The number of benzene rings is 1. The fraction of sp³-hybridized carbons (Fsp3) is 0.375. The smallest absolute Gasteiger partial charge is 0.318 e. The molecule has 1 heterocycles. The van der Waals surface area contributed by atoms with Crippen LogP contribution in [0.1, 0.15) is 61.2 Å². The van der Waals surface area contributed by atoms with E-state index in [1.54, 1.807) is 0 Å². The van der Waals surface area contributed by atoms with Crippen molar-refractivity contribution in [1.82, 2.24) is 0 Å². The number of carbonyl (C=O) groups excluding carboxylic acids is 1. The normalized spacial score (nSPS) is 31.4. The van der Waals surface area contributed by atoms with Crippen molar-refractivity contribution in [1.29, 1.82) is 0 Å². The number of hydrogen-bond donors (Lipinski definition) is 1. The second kappa shape index (κ2) is 8.06.